The van der Waals surface area contributed by atoms with Gasteiger partial charge >= 0.3 is 0 Å². The largest absolute Gasteiger partial charge is 0.379 e. The molecule has 0 atom stereocenters. The Morgan fingerprint density at radius 2 is 2.05 bits per heavy atom. The average molecular weight is 271 g/mol. The highest BCUT2D eigenvalue weighted by molar-refractivity contribution is 5.94. The molecular weight excluding hydrogens is 252 g/mol. The van der Waals surface area contributed by atoms with Crippen molar-refractivity contribution in [3.05, 3.63) is 35.4 Å². The van der Waals surface area contributed by atoms with Crippen molar-refractivity contribution in [1.82, 2.24) is 5.32 Å². The second-order valence-corrected chi connectivity index (χ2v) is 4.48. The molecule has 0 bridgehead atoms. The number of hydrogen-bond donors (Lipinski definition) is 1. The van der Waals surface area contributed by atoms with E-state index in [1.165, 1.54) is 12.1 Å². The normalized spacial score (nSPS) is 10.8. The summed E-state index contributed by atoms with van der Waals surface area (Å²) in [6.45, 7) is 4.95. The minimum absolute atomic E-state index is 0.191. The summed E-state index contributed by atoms with van der Waals surface area (Å²) in [7, 11) is 0. The molecule has 1 aromatic carbocycles. The van der Waals surface area contributed by atoms with Gasteiger partial charge in [0.25, 0.3) is 5.91 Å². The van der Waals surface area contributed by atoms with Crippen LogP contribution in [-0.2, 0) is 4.74 Å². The molecule has 0 fully saturated rings. The van der Waals surface area contributed by atoms with Gasteiger partial charge in [0.15, 0.2) is 11.6 Å². The predicted octanol–water partition coefficient (Wildman–Crippen LogP) is 2.90. The molecule has 1 aromatic rings. The van der Waals surface area contributed by atoms with Gasteiger partial charge in [-0.15, -0.1) is 0 Å². The van der Waals surface area contributed by atoms with Gasteiger partial charge in [0, 0.05) is 13.2 Å². The maximum absolute atomic E-state index is 13.3. The Kier molecular flexibility index (Phi) is 6.42. The summed E-state index contributed by atoms with van der Waals surface area (Å²) in [5, 5.41) is 2.55. The minimum Gasteiger partial charge on any atom is -0.379 e. The minimum atomic E-state index is -1.11. The van der Waals surface area contributed by atoms with Gasteiger partial charge in [-0.3, -0.25) is 4.79 Å². The monoisotopic (exact) mass is 271 g/mol. The van der Waals surface area contributed by atoms with E-state index in [2.05, 4.69) is 5.32 Å². The summed E-state index contributed by atoms with van der Waals surface area (Å²) in [5.41, 5.74) is -0.265. The smallest absolute Gasteiger partial charge is 0.254 e. The highest BCUT2D eigenvalue weighted by atomic mass is 19.2. The summed E-state index contributed by atoms with van der Waals surface area (Å²) in [6.07, 6.45) is 1.73. The van der Waals surface area contributed by atoms with Crippen LogP contribution in [0.4, 0.5) is 8.78 Å². The Morgan fingerprint density at radius 1 is 1.32 bits per heavy atom. The molecule has 0 saturated heterocycles. The van der Waals surface area contributed by atoms with Crippen molar-refractivity contribution in [3.63, 3.8) is 0 Å². The van der Waals surface area contributed by atoms with Gasteiger partial charge in [0.05, 0.1) is 11.7 Å². The first-order valence-corrected chi connectivity index (χ1v) is 6.36. The van der Waals surface area contributed by atoms with Gasteiger partial charge in [0.1, 0.15) is 0 Å². The Hall–Kier alpha value is -1.49. The number of ether oxygens (including phenoxy) is 1. The SMILES string of the molecule is CC(C)OCCCCNC(=O)c1cccc(F)c1F. The van der Waals surface area contributed by atoms with E-state index in [1.54, 1.807) is 0 Å². The summed E-state index contributed by atoms with van der Waals surface area (Å²) in [5.74, 6) is -2.72. The van der Waals surface area contributed by atoms with E-state index in [0.717, 1.165) is 18.9 Å². The standard InChI is InChI=1S/C14H19F2NO2/c1-10(2)19-9-4-3-8-17-14(18)11-6-5-7-12(15)13(11)16/h5-7,10H,3-4,8-9H2,1-2H3,(H,17,18). The van der Waals surface area contributed by atoms with Gasteiger partial charge in [-0.2, -0.15) is 0 Å². The van der Waals surface area contributed by atoms with Crippen molar-refractivity contribution < 1.29 is 18.3 Å². The lowest BCUT2D eigenvalue weighted by molar-refractivity contribution is 0.0754. The Balaban J connectivity index is 2.30. The number of halogens is 2. The second kappa shape index (κ2) is 7.84. The van der Waals surface area contributed by atoms with Crippen molar-refractivity contribution in [2.45, 2.75) is 32.8 Å². The van der Waals surface area contributed by atoms with E-state index < -0.39 is 17.5 Å². The molecule has 0 unspecified atom stereocenters. The molecular formula is C14H19F2NO2. The average Bonchev–Trinajstić information content (AvgIpc) is 2.36. The molecule has 1 rings (SSSR count). The molecule has 19 heavy (non-hydrogen) atoms. The van der Waals surface area contributed by atoms with E-state index in [9.17, 15) is 13.6 Å². The lowest BCUT2D eigenvalue weighted by atomic mass is 10.2. The van der Waals surface area contributed by atoms with Crippen LogP contribution in [0.3, 0.4) is 0 Å². The van der Waals surface area contributed by atoms with E-state index in [4.69, 9.17) is 4.74 Å². The third-order valence-electron chi connectivity index (χ3n) is 2.50. The molecule has 106 valence electrons. The van der Waals surface area contributed by atoms with E-state index >= 15 is 0 Å². The maximum atomic E-state index is 13.3. The van der Waals surface area contributed by atoms with Crippen molar-refractivity contribution in [2.24, 2.45) is 0 Å². The predicted molar refractivity (Wildman–Crippen MR) is 69.0 cm³/mol. The molecule has 0 saturated carbocycles. The summed E-state index contributed by atoms with van der Waals surface area (Å²) in [6, 6.07) is 3.55. The first-order valence-electron chi connectivity index (χ1n) is 6.36. The van der Waals surface area contributed by atoms with Crippen LogP contribution < -0.4 is 5.32 Å². The maximum Gasteiger partial charge on any atom is 0.254 e. The number of unbranched alkanes of at least 4 members (excludes halogenated alkanes) is 1. The van der Waals surface area contributed by atoms with Gasteiger partial charge in [-0.05, 0) is 38.8 Å². The van der Waals surface area contributed by atoms with E-state index in [1.807, 2.05) is 13.8 Å². The summed E-state index contributed by atoms with van der Waals surface area (Å²) in [4.78, 5) is 11.6. The van der Waals surface area contributed by atoms with Crippen molar-refractivity contribution in [2.75, 3.05) is 13.2 Å². The number of carbonyl (C=O) groups excluding carboxylic acids is 1. The summed E-state index contributed by atoms with van der Waals surface area (Å²) >= 11 is 0. The van der Waals surface area contributed by atoms with E-state index in [-0.39, 0.29) is 11.7 Å². The molecule has 0 aliphatic carbocycles. The van der Waals surface area contributed by atoms with Crippen molar-refractivity contribution >= 4 is 5.91 Å². The Morgan fingerprint density at radius 3 is 2.74 bits per heavy atom. The summed E-state index contributed by atoms with van der Waals surface area (Å²) < 4.78 is 31.6. The zero-order chi connectivity index (χ0) is 14.3. The van der Waals surface area contributed by atoms with Crippen LogP contribution in [0.15, 0.2) is 18.2 Å². The van der Waals surface area contributed by atoms with E-state index in [0.29, 0.717) is 13.2 Å². The Bertz CT molecular complexity index is 422. The molecule has 5 heteroatoms. The highest BCUT2D eigenvalue weighted by Gasteiger charge is 2.14. The molecule has 1 N–H and O–H groups in total. The molecule has 0 heterocycles. The van der Waals surface area contributed by atoms with Crippen LogP contribution in [-0.4, -0.2) is 25.2 Å². The first kappa shape index (κ1) is 15.6. The van der Waals surface area contributed by atoms with Crippen LogP contribution in [0.1, 0.15) is 37.0 Å². The van der Waals surface area contributed by atoms with Crippen LogP contribution in [0.25, 0.3) is 0 Å². The molecule has 0 aliphatic rings. The van der Waals surface area contributed by atoms with Crippen molar-refractivity contribution in [3.8, 4) is 0 Å². The molecule has 1 amide bonds. The first-order chi connectivity index (χ1) is 9.02. The number of hydrogen-bond acceptors (Lipinski definition) is 2. The second-order valence-electron chi connectivity index (χ2n) is 4.48. The Labute approximate surface area is 112 Å². The van der Waals surface area contributed by atoms with Gasteiger partial charge in [-0.1, -0.05) is 6.07 Å². The third-order valence-corrected chi connectivity index (χ3v) is 2.50. The third kappa shape index (κ3) is 5.34. The number of rotatable bonds is 7. The fraction of sp³-hybridized carbons (Fsp3) is 0.500. The van der Waals surface area contributed by atoms with Gasteiger partial charge < -0.3 is 10.1 Å². The number of carbonyl (C=O) groups is 1. The molecule has 0 spiro atoms. The number of nitrogens with one attached hydrogen (secondary N) is 1. The molecule has 0 radical (unpaired) electrons. The van der Waals surface area contributed by atoms with Crippen LogP contribution in [0.2, 0.25) is 0 Å². The lowest BCUT2D eigenvalue weighted by Gasteiger charge is -2.08. The van der Waals surface area contributed by atoms with Crippen LogP contribution >= 0.6 is 0 Å². The van der Waals surface area contributed by atoms with Crippen LogP contribution in [0, 0.1) is 11.6 Å². The molecule has 0 aliphatic heterocycles. The topological polar surface area (TPSA) is 38.3 Å². The number of benzene rings is 1. The van der Waals surface area contributed by atoms with Crippen molar-refractivity contribution in [1.29, 1.82) is 0 Å². The zero-order valence-corrected chi connectivity index (χ0v) is 11.2. The lowest BCUT2D eigenvalue weighted by Crippen LogP contribution is -2.26. The molecule has 3 nitrogen and oxygen atoms in total. The number of amides is 1. The zero-order valence-electron chi connectivity index (χ0n) is 11.2. The molecule has 0 aromatic heterocycles. The highest BCUT2D eigenvalue weighted by Crippen LogP contribution is 2.10. The quantitative estimate of drug-likeness (QED) is 0.774. The fourth-order valence-corrected chi connectivity index (χ4v) is 1.52. The van der Waals surface area contributed by atoms with Gasteiger partial charge in [0.2, 0.25) is 0 Å². The van der Waals surface area contributed by atoms with Gasteiger partial charge in [-0.25, -0.2) is 8.78 Å². The fourth-order valence-electron chi connectivity index (χ4n) is 1.52. The van der Waals surface area contributed by atoms with Crippen LogP contribution in [0.5, 0.6) is 0 Å².